The minimum absolute atomic E-state index is 0.187. The zero-order valence-electron chi connectivity index (χ0n) is 13.8. The van der Waals surface area contributed by atoms with Crippen molar-refractivity contribution in [1.82, 2.24) is 14.7 Å². The van der Waals surface area contributed by atoms with Gasteiger partial charge in [0.15, 0.2) is 11.4 Å². The van der Waals surface area contributed by atoms with Crippen LogP contribution in [-0.4, -0.2) is 22.5 Å². The van der Waals surface area contributed by atoms with Crippen molar-refractivity contribution in [3.8, 4) is 5.75 Å². The van der Waals surface area contributed by atoms with E-state index in [1.54, 1.807) is 18.2 Å². The molecule has 1 N–H and O–H groups in total. The van der Waals surface area contributed by atoms with Crippen molar-refractivity contribution in [2.24, 2.45) is 0 Å². The number of pyridine rings is 1. The summed E-state index contributed by atoms with van der Waals surface area (Å²) in [4.78, 5) is 4.65. The van der Waals surface area contributed by atoms with Crippen LogP contribution >= 0.6 is 0 Å². The van der Waals surface area contributed by atoms with E-state index < -0.39 is 0 Å². The molecule has 0 bridgehead atoms. The first-order valence-corrected chi connectivity index (χ1v) is 8.31. The molecule has 4 nitrogen and oxygen atoms in total. The second-order valence-electron chi connectivity index (χ2n) is 5.72. The molecule has 24 heavy (non-hydrogen) atoms. The van der Waals surface area contributed by atoms with Gasteiger partial charge in [-0.2, -0.15) is 0 Å². The molecule has 0 unspecified atom stereocenters. The van der Waals surface area contributed by atoms with Gasteiger partial charge < -0.3 is 14.5 Å². The fraction of sp³-hybridized carbons (Fsp3) is 0.316. The quantitative estimate of drug-likeness (QED) is 0.643. The number of nitrogens with zero attached hydrogens (tertiary/aromatic N) is 2. The first-order chi connectivity index (χ1) is 11.8. The van der Waals surface area contributed by atoms with Gasteiger partial charge in [-0.05, 0) is 31.2 Å². The molecule has 5 heteroatoms. The minimum atomic E-state index is -0.254. The molecule has 0 fully saturated rings. The fourth-order valence-electron chi connectivity index (χ4n) is 2.56. The van der Waals surface area contributed by atoms with Gasteiger partial charge in [-0.15, -0.1) is 0 Å². The number of hydrogen-bond donors (Lipinski definition) is 1. The molecule has 0 saturated carbocycles. The summed E-state index contributed by atoms with van der Waals surface area (Å²) in [6, 6.07) is 10.4. The summed E-state index contributed by atoms with van der Waals surface area (Å²) in [5.41, 5.74) is 2.31. The van der Waals surface area contributed by atoms with Crippen LogP contribution in [0.1, 0.15) is 24.6 Å². The van der Waals surface area contributed by atoms with E-state index >= 15 is 0 Å². The Labute approximate surface area is 141 Å². The molecular formula is C19H22FN3O. The smallest absolute Gasteiger partial charge is 0.179 e. The van der Waals surface area contributed by atoms with Crippen LogP contribution in [0.3, 0.4) is 0 Å². The van der Waals surface area contributed by atoms with E-state index in [2.05, 4.69) is 17.2 Å². The Morgan fingerprint density at radius 3 is 2.88 bits per heavy atom. The molecule has 0 aliphatic heterocycles. The third-order valence-corrected chi connectivity index (χ3v) is 3.82. The summed E-state index contributed by atoms with van der Waals surface area (Å²) in [6.07, 6.45) is 5.95. The number of aromatic nitrogens is 2. The predicted molar refractivity (Wildman–Crippen MR) is 92.8 cm³/mol. The van der Waals surface area contributed by atoms with Gasteiger partial charge in [0.1, 0.15) is 12.4 Å². The Morgan fingerprint density at radius 1 is 1.17 bits per heavy atom. The molecule has 0 amide bonds. The number of imidazole rings is 1. The maximum Gasteiger partial charge on any atom is 0.179 e. The van der Waals surface area contributed by atoms with Gasteiger partial charge in [-0.1, -0.05) is 25.1 Å². The highest BCUT2D eigenvalue weighted by molar-refractivity contribution is 5.54. The molecule has 0 spiro atoms. The molecule has 0 radical (unpaired) electrons. The molecular weight excluding hydrogens is 305 g/mol. The van der Waals surface area contributed by atoms with Crippen molar-refractivity contribution in [2.75, 3.05) is 13.1 Å². The summed E-state index contributed by atoms with van der Waals surface area (Å²) in [6.45, 7) is 4.26. The van der Waals surface area contributed by atoms with E-state index in [1.807, 2.05) is 28.9 Å². The molecule has 126 valence electrons. The van der Waals surface area contributed by atoms with Gasteiger partial charge in [-0.3, -0.25) is 0 Å². The highest BCUT2D eigenvalue weighted by Gasteiger charge is 2.09. The van der Waals surface area contributed by atoms with Crippen LogP contribution in [0.4, 0.5) is 4.39 Å². The number of benzene rings is 1. The van der Waals surface area contributed by atoms with Crippen LogP contribution < -0.4 is 10.1 Å². The Morgan fingerprint density at radius 2 is 2.04 bits per heavy atom. The molecule has 0 aliphatic carbocycles. The largest absolute Gasteiger partial charge is 0.485 e. The van der Waals surface area contributed by atoms with E-state index in [0.717, 1.165) is 37.3 Å². The van der Waals surface area contributed by atoms with E-state index in [9.17, 15) is 4.39 Å². The van der Waals surface area contributed by atoms with E-state index in [4.69, 9.17) is 4.74 Å². The molecule has 1 aromatic carbocycles. The lowest BCUT2D eigenvalue weighted by Gasteiger charge is -2.07. The topological polar surface area (TPSA) is 38.6 Å². The van der Waals surface area contributed by atoms with Crippen LogP contribution in [0.5, 0.6) is 5.75 Å². The first kappa shape index (κ1) is 16.5. The molecule has 3 rings (SSSR count). The van der Waals surface area contributed by atoms with Gasteiger partial charge in [0.25, 0.3) is 0 Å². The lowest BCUT2D eigenvalue weighted by Crippen LogP contribution is -2.17. The Balaban J connectivity index is 1.71. The van der Waals surface area contributed by atoms with Crippen LogP contribution in [0.25, 0.3) is 5.65 Å². The molecule has 0 saturated heterocycles. The van der Waals surface area contributed by atoms with Crippen molar-refractivity contribution < 1.29 is 9.13 Å². The van der Waals surface area contributed by atoms with Crippen LogP contribution in [0.15, 0.2) is 48.8 Å². The zero-order chi connectivity index (χ0) is 16.8. The second kappa shape index (κ2) is 7.93. The predicted octanol–water partition coefficient (Wildman–Crippen LogP) is 3.59. The standard InChI is InChI=1S/C19H22FN3O/c1-2-10-21-11-9-16-13-23-12-5-8-18(19(23)22-16)24-14-15-6-3-4-7-17(15)20/h3-8,12-13,21H,2,9-11,14H2,1H3. The van der Waals surface area contributed by atoms with E-state index in [-0.39, 0.29) is 12.4 Å². The third-order valence-electron chi connectivity index (χ3n) is 3.82. The summed E-state index contributed by atoms with van der Waals surface area (Å²) in [5.74, 6) is 0.406. The lowest BCUT2D eigenvalue weighted by atomic mass is 10.2. The monoisotopic (exact) mass is 327 g/mol. The van der Waals surface area contributed by atoms with Crippen LogP contribution in [-0.2, 0) is 13.0 Å². The average Bonchev–Trinajstić information content (AvgIpc) is 3.01. The van der Waals surface area contributed by atoms with E-state index in [0.29, 0.717) is 11.3 Å². The Bertz CT molecular complexity index is 800. The van der Waals surface area contributed by atoms with Gasteiger partial charge >= 0.3 is 0 Å². The van der Waals surface area contributed by atoms with Gasteiger partial charge in [0, 0.05) is 30.9 Å². The fourth-order valence-corrected chi connectivity index (χ4v) is 2.56. The maximum absolute atomic E-state index is 13.7. The molecule has 3 aromatic rings. The van der Waals surface area contributed by atoms with Crippen molar-refractivity contribution in [2.45, 2.75) is 26.4 Å². The number of nitrogens with one attached hydrogen (secondary N) is 1. The molecule has 0 aliphatic rings. The number of hydrogen-bond acceptors (Lipinski definition) is 3. The second-order valence-corrected chi connectivity index (χ2v) is 5.72. The van der Waals surface area contributed by atoms with E-state index in [1.165, 1.54) is 6.07 Å². The Hall–Kier alpha value is -2.40. The summed E-state index contributed by atoms with van der Waals surface area (Å²) in [7, 11) is 0. The Kier molecular flexibility index (Phi) is 5.43. The molecule has 2 heterocycles. The van der Waals surface area contributed by atoms with Crippen molar-refractivity contribution in [1.29, 1.82) is 0 Å². The summed E-state index contributed by atoms with van der Waals surface area (Å²) < 4.78 is 21.5. The average molecular weight is 327 g/mol. The molecule has 2 aromatic heterocycles. The SMILES string of the molecule is CCCNCCc1cn2cccc(OCc3ccccc3F)c2n1. The highest BCUT2D eigenvalue weighted by atomic mass is 19.1. The van der Waals surface area contributed by atoms with Crippen molar-refractivity contribution in [3.63, 3.8) is 0 Å². The number of rotatable bonds is 8. The summed E-state index contributed by atoms with van der Waals surface area (Å²) >= 11 is 0. The summed E-state index contributed by atoms with van der Waals surface area (Å²) in [5, 5.41) is 3.37. The normalized spacial score (nSPS) is 11.1. The van der Waals surface area contributed by atoms with Crippen LogP contribution in [0, 0.1) is 5.82 Å². The van der Waals surface area contributed by atoms with Gasteiger partial charge in [0.2, 0.25) is 0 Å². The number of ether oxygens (including phenoxy) is 1. The first-order valence-electron chi connectivity index (χ1n) is 8.31. The maximum atomic E-state index is 13.7. The lowest BCUT2D eigenvalue weighted by molar-refractivity contribution is 0.301. The zero-order valence-corrected chi connectivity index (χ0v) is 13.8. The van der Waals surface area contributed by atoms with Gasteiger partial charge in [-0.25, -0.2) is 9.37 Å². The van der Waals surface area contributed by atoms with Crippen molar-refractivity contribution >= 4 is 5.65 Å². The minimum Gasteiger partial charge on any atom is -0.485 e. The van der Waals surface area contributed by atoms with Gasteiger partial charge in [0.05, 0.1) is 5.69 Å². The van der Waals surface area contributed by atoms with Crippen LogP contribution in [0.2, 0.25) is 0 Å². The van der Waals surface area contributed by atoms with Crippen molar-refractivity contribution in [3.05, 3.63) is 65.9 Å². The number of fused-ring (bicyclic) bond motifs is 1. The third kappa shape index (κ3) is 3.92. The number of halogens is 1. The molecule has 0 atom stereocenters. The highest BCUT2D eigenvalue weighted by Crippen LogP contribution is 2.21.